The first-order chi connectivity index (χ1) is 12.0. The zero-order valence-electron chi connectivity index (χ0n) is 13.6. The first kappa shape index (κ1) is 16.5. The molecule has 2 aromatic carbocycles. The van der Waals surface area contributed by atoms with E-state index in [0.29, 0.717) is 15.6 Å². The summed E-state index contributed by atoms with van der Waals surface area (Å²) < 4.78 is 0. The predicted octanol–water partition coefficient (Wildman–Crippen LogP) is 5.83. The zero-order chi connectivity index (χ0) is 17.7. The second-order valence-corrected chi connectivity index (χ2v) is 7.43. The number of halogens is 2. The van der Waals surface area contributed by atoms with Crippen molar-refractivity contribution in [3.63, 3.8) is 0 Å². The maximum absolute atomic E-state index is 11.7. The third-order valence-corrected chi connectivity index (χ3v) is 6.11. The lowest BCUT2D eigenvalue weighted by atomic mass is 9.74. The molecule has 0 unspecified atom stereocenters. The van der Waals surface area contributed by atoms with Crippen LogP contribution in [-0.2, 0) is 0 Å². The van der Waals surface area contributed by atoms with Crippen molar-refractivity contribution in [3.8, 4) is 0 Å². The van der Waals surface area contributed by atoms with Gasteiger partial charge in [-0.3, -0.25) is 0 Å². The van der Waals surface area contributed by atoms with Crippen LogP contribution < -0.4 is 5.32 Å². The van der Waals surface area contributed by atoms with Gasteiger partial charge in [-0.15, -0.1) is 0 Å². The first-order valence-electron chi connectivity index (χ1n) is 8.23. The summed E-state index contributed by atoms with van der Waals surface area (Å²) >= 11 is 12.7. The molecule has 5 heteroatoms. The highest BCUT2D eigenvalue weighted by Gasteiger charge is 2.41. The van der Waals surface area contributed by atoms with Crippen molar-refractivity contribution >= 4 is 34.9 Å². The van der Waals surface area contributed by atoms with Crippen molar-refractivity contribution in [2.75, 3.05) is 5.32 Å². The molecule has 0 radical (unpaired) electrons. The Balaban J connectivity index is 1.90. The Morgan fingerprint density at radius 2 is 2.04 bits per heavy atom. The molecule has 1 aliphatic carbocycles. The number of nitrogens with one attached hydrogen (secondary N) is 1. The molecule has 128 valence electrons. The summed E-state index contributed by atoms with van der Waals surface area (Å²) in [5.41, 5.74) is 4.13. The van der Waals surface area contributed by atoms with E-state index in [0.717, 1.165) is 28.8 Å². The summed E-state index contributed by atoms with van der Waals surface area (Å²) in [4.78, 5) is 11.7. The monoisotopic (exact) mass is 373 g/mol. The maximum Gasteiger partial charge on any atom is 0.336 e. The number of benzene rings is 2. The smallest absolute Gasteiger partial charge is 0.336 e. The predicted molar refractivity (Wildman–Crippen MR) is 101 cm³/mol. The van der Waals surface area contributed by atoms with E-state index in [4.69, 9.17) is 23.2 Å². The molecule has 0 saturated heterocycles. The van der Waals surface area contributed by atoms with Gasteiger partial charge in [-0.05, 0) is 48.1 Å². The average Bonchev–Trinajstić information content (AvgIpc) is 3.07. The molecular formula is C20H17Cl2NO2. The number of carboxylic acids is 1. The standard InChI is InChI=1S/C20H17Cl2NO2/c1-10-8-9-13(20(24)25)16-11-4-2-5-12(11)19(23-18(10)16)14-6-3-7-15(21)17(14)22/h2-4,6-9,11-12,19,23H,5H2,1H3,(H,24,25)/t11-,12-,19+/m1/s1. The number of allylic oxidation sites excluding steroid dienone is 2. The molecule has 3 atom stereocenters. The Labute approximate surface area is 156 Å². The van der Waals surface area contributed by atoms with Gasteiger partial charge in [-0.1, -0.05) is 53.6 Å². The molecule has 1 aliphatic heterocycles. The fraction of sp³-hybridized carbons (Fsp3) is 0.250. The Kier molecular flexibility index (Phi) is 4.01. The Morgan fingerprint density at radius 1 is 1.24 bits per heavy atom. The third-order valence-electron chi connectivity index (χ3n) is 5.28. The Bertz CT molecular complexity index is 907. The average molecular weight is 374 g/mol. The van der Waals surface area contributed by atoms with Crippen molar-refractivity contribution in [1.82, 2.24) is 0 Å². The third kappa shape index (κ3) is 2.54. The van der Waals surface area contributed by atoms with Crippen molar-refractivity contribution in [2.45, 2.75) is 25.3 Å². The molecule has 2 aromatic rings. The van der Waals surface area contributed by atoms with Gasteiger partial charge in [0.25, 0.3) is 0 Å². The minimum atomic E-state index is -0.892. The van der Waals surface area contributed by atoms with E-state index in [2.05, 4.69) is 17.5 Å². The molecule has 2 N–H and O–H groups in total. The van der Waals surface area contributed by atoms with Gasteiger partial charge in [0.15, 0.2) is 0 Å². The Hall–Kier alpha value is -1.97. The second-order valence-electron chi connectivity index (χ2n) is 6.64. The second kappa shape index (κ2) is 6.08. The topological polar surface area (TPSA) is 49.3 Å². The van der Waals surface area contributed by atoms with Gasteiger partial charge in [0.2, 0.25) is 0 Å². The van der Waals surface area contributed by atoms with Crippen LogP contribution in [0.2, 0.25) is 10.0 Å². The minimum absolute atomic E-state index is 0.0126. The van der Waals surface area contributed by atoms with Gasteiger partial charge in [0.05, 0.1) is 21.7 Å². The van der Waals surface area contributed by atoms with E-state index in [-0.39, 0.29) is 17.9 Å². The fourth-order valence-corrected chi connectivity index (χ4v) is 4.54. The van der Waals surface area contributed by atoms with Crippen LogP contribution in [0.3, 0.4) is 0 Å². The van der Waals surface area contributed by atoms with Gasteiger partial charge in [0, 0.05) is 11.6 Å². The van der Waals surface area contributed by atoms with Crippen LogP contribution in [0, 0.1) is 12.8 Å². The molecule has 0 spiro atoms. The van der Waals surface area contributed by atoms with E-state index in [1.807, 2.05) is 25.1 Å². The summed E-state index contributed by atoms with van der Waals surface area (Å²) in [7, 11) is 0. The number of aromatic carboxylic acids is 1. The largest absolute Gasteiger partial charge is 0.478 e. The molecule has 0 saturated carbocycles. The van der Waals surface area contributed by atoms with Gasteiger partial charge >= 0.3 is 5.97 Å². The van der Waals surface area contributed by atoms with Crippen molar-refractivity contribution in [2.24, 2.45) is 5.92 Å². The summed E-state index contributed by atoms with van der Waals surface area (Å²) in [6.45, 7) is 1.99. The highest BCUT2D eigenvalue weighted by atomic mass is 35.5. The number of hydrogen-bond donors (Lipinski definition) is 2. The molecule has 0 fully saturated rings. The fourth-order valence-electron chi connectivity index (χ4n) is 4.11. The van der Waals surface area contributed by atoms with Crippen LogP contribution >= 0.6 is 23.2 Å². The lowest BCUT2D eigenvalue weighted by molar-refractivity contribution is 0.0695. The van der Waals surface area contributed by atoms with Crippen molar-refractivity contribution in [1.29, 1.82) is 0 Å². The van der Waals surface area contributed by atoms with Gasteiger partial charge < -0.3 is 10.4 Å². The molecule has 1 heterocycles. The van der Waals surface area contributed by atoms with Crippen molar-refractivity contribution < 1.29 is 9.90 Å². The summed E-state index contributed by atoms with van der Waals surface area (Å²) in [6, 6.07) is 9.21. The highest BCUT2D eigenvalue weighted by Crippen LogP contribution is 2.53. The van der Waals surface area contributed by atoms with Crippen molar-refractivity contribution in [3.05, 3.63) is 74.8 Å². The molecule has 25 heavy (non-hydrogen) atoms. The lowest BCUT2D eigenvalue weighted by Crippen LogP contribution is -2.31. The number of anilines is 1. The zero-order valence-corrected chi connectivity index (χ0v) is 15.1. The van der Waals surface area contributed by atoms with Gasteiger partial charge in [0.1, 0.15) is 0 Å². The lowest BCUT2D eigenvalue weighted by Gasteiger charge is -2.39. The molecular weight excluding hydrogens is 357 g/mol. The first-order valence-corrected chi connectivity index (χ1v) is 8.98. The number of fused-ring (bicyclic) bond motifs is 3. The van der Waals surface area contributed by atoms with Crippen LogP contribution in [0.5, 0.6) is 0 Å². The molecule has 4 rings (SSSR count). The van der Waals surface area contributed by atoms with Crippen LogP contribution in [0.1, 0.15) is 45.4 Å². The van der Waals surface area contributed by atoms with Gasteiger partial charge in [-0.25, -0.2) is 4.79 Å². The van der Waals surface area contributed by atoms with Crippen LogP contribution in [0.4, 0.5) is 5.69 Å². The number of carboxylic acid groups (broad SMARTS) is 1. The Morgan fingerprint density at radius 3 is 2.80 bits per heavy atom. The van der Waals surface area contributed by atoms with E-state index < -0.39 is 5.97 Å². The molecule has 0 amide bonds. The maximum atomic E-state index is 11.7. The molecule has 2 aliphatic rings. The minimum Gasteiger partial charge on any atom is -0.478 e. The van der Waals surface area contributed by atoms with Crippen LogP contribution in [-0.4, -0.2) is 11.1 Å². The van der Waals surface area contributed by atoms with Crippen LogP contribution in [0.25, 0.3) is 0 Å². The highest BCUT2D eigenvalue weighted by molar-refractivity contribution is 6.42. The SMILES string of the molecule is Cc1ccc(C(=O)O)c2c1N[C@H](c1cccc(Cl)c1Cl)[C@@H]1CC=C[C@@H]21. The van der Waals surface area contributed by atoms with Crippen LogP contribution in [0.15, 0.2) is 42.5 Å². The van der Waals surface area contributed by atoms with E-state index >= 15 is 0 Å². The summed E-state index contributed by atoms with van der Waals surface area (Å²) in [5, 5.41) is 14.3. The summed E-state index contributed by atoms with van der Waals surface area (Å²) in [5.74, 6) is -0.623. The quantitative estimate of drug-likeness (QED) is 0.651. The van der Waals surface area contributed by atoms with E-state index in [9.17, 15) is 9.90 Å². The number of carbonyl (C=O) groups is 1. The van der Waals surface area contributed by atoms with E-state index in [1.165, 1.54) is 0 Å². The number of rotatable bonds is 2. The van der Waals surface area contributed by atoms with E-state index in [1.54, 1.807) is 12.1 Å². The van der Waals surface area contributed by atoms with Gasteiger partial charge in [-0.2, -0.15) is 0 Å². The normalized spacial score (nSPS) is 23.7. The molecule has 3 nitrogen and oxygen atoms in total. The number of aryl methyl sites for hydroxylation is 1. The summed E-state index contributed by atoms with van der Waals surface area (Å²) in [6.07, 6.45) is 5.13. The molecule has 0 bridgehead atoms. The molecule has 0 aromatic heterocycles. The number of hydrogen-bond acceptors (Lipinski definition) is 2.